The van der Waals surface area contributed by atoms with Crippen molar-refractivity contribution in [3.63, 3.8) is 0 Å². The number of rotatable bonds is 7. The van der Waals surface area contributed by atoms with Crippen molar-refractivity contribution in [3.05, 3.63) is 35.4 Å². The third kappa shape index (κ3) is 4.31. The molecule has 3 nitrogen and oxygen atoms in total. The van der Waals surface area contributed by atoms with E-state index in [-0.39, 0.29) is 6.61 Å². The molecule has 1 unspecified atom stereocenters. The van der Waals surface area contributed by atoms with Gasteiger partial charge in [-0.25, -0.2) is 0 Å². The van der Waals surface area contributed by atoms with Gasteiger partial charge in [0, 0.05) is 13.2 Å². The maximum Gasteiger partial charge on any atom is 0.0914 e. The van der Waals surface area contributed by atoms with Crippen LogP contribution in [0.1, 0.15) is 30.6 Å². The van der Waals surface area contributed by atoms with E-state index in [4.69, 9.17) is 5.11 Å². The van der Waals surface area contributed by atoms with Crippen LogP contribution >= 0.6 is 0 Å². The van der Waals surface area contributed by atoms with E-state index in [0.717, 1.165) is 24.9 Å². The minimum absolute atomic E-state index is 0.189. The van der Waals surface area contributed by atoms with Crippen LogP contribution in [0.3, 0.4) is 0 Å². The van der Waals surface area contributed by atoms with E-state index in [0.29, 0.717) is 6.54 Å². The summed E-state index contributed by atoms with van der Waals surface area (Å²) in [6.07, 6.45) is 1.27. The maximum absolute atomic E-state index is 9.86. The molecular formula is C13H21NO2. The van der Waals surface area contributed by atoms with Gasteiger partial charge in [-0.1, -0.05) is 31.2 Å². The lowest BCUT2D eigenvalue weighted by atomic mass is 10.1. The number of aryl methyl sites for hydroxylation is 1. The first kappa shape index (κ1) is 13.2. The Morgan fingerprint density at radius 2 is 1.94 bits per heavy atom. The third-order valence-electron chi connectivity index (χ3n) is 2.62. The molecule has 0 saturated carbocycles. The zero-order valence-corrected chi connectivity index (χ0v) is 9.82. The molecule has 1 aromatic rings. The Morgan fingerprint density at radius 3 is 2.50 bits per heavy atom. The summed E-state index contributed by atoms with van der Waals surface area (Å²) in [6.45, 7) is 3.57. The Morgan fingerprint density at radius 1 is 1.25 bits per heavy atom. The van der Waals surface area contributed by atoms with Crippen molar-refractivity contribution in [2.24, 2.45) is 0 Å². The molecule has 0 heterocycles. The molecule has 0 amide bonds. The van der Waals surface area contributed by atoms with E-state index in [2.05, 4.69) is 12.2 Å². The fraction of sp³-hybridized carbons (Fsp3) is 0.538. The fourth-order valence-electron chi connectivity index (χ4n) is 1.54. The smallest absolute Gasteiger partial charge is 0.0914 e. The van der Waals surface area contributed by atoms with Gasteiger partial charge < -0.3 is 15.5 Å². The summed E-state index contributed by atoms with van der Waals surface area (Å²) in [7, 11) is 0. The van der Waals surface area contributed by atoms with Crippen LogP contribution in [0.5, 0.6) is 0 Å². The molecule has 0 bridgehead atoms. The molecule has 0 aliphatic carbocycles. The summed E-state index contributed by atoms with van der Waals surface area (Å²) < 4.78 is 0. The SMILES string of the molecule is CCc1ccc(C(O)CNCCCO)cc1. The van der Waals surface area contributed by atoms with Crippen LogP contribution in [0.4, 0.5) is 0 Å². The lowest BCUT2D eigenvalue weighted by Crippen LogP contribution is -2.23. The molecule has 0 aromatic heterocycles. The molecule has 3 heteroatoms. The van der Waals surface area contributed by atoms with E-state index >= 15 is 0 Å². The maximum atomic E-state index is 9.86. The molecule has 0 spiro atoms. The highest BCUT2D eigenvalue weighted by molar-refractivity contribution is 5.24. The van der Waals surface area contributed by atoms with Crippen molar-refractivity contribution in [1.29, 1.82) is 0 Å². The highest BCUT2D eigenvalue weighted by Crippen LogP contribution is 2.13. The number of aliphatic hydroxyl groups excluding tert-OH is 2. The number of hydrogen-bond donors (Lipinski definition) is 3. The minimum Gasteiger partial charge on any atom is -0.396 e. The van der Waals surface area contributed by atoms with Gasteiger partial charge in [0.2, 0.25) is 0 Å². The summed E-state index contributed by atoms with van der Waals surface area (Å²) in [5.74, 6) is 0. The first-order valence-electron chi connectivity index (χ1n) is 5.86. The number of hydrogen-bond acceptors (Lipinski definition) is 3. The van der Waals surface area contributed by atoms with Crippen molar-refractivity contribution in [1.82, 2.24) is 5.32 Å². The van der Waals surface area contributed by atoms with Crippen LogP contribution < -0.4 is 5.32 Å². The lowest BCUT2D eigenvalue weighted by molar-refractivity contribution is 0.173. The Bertz CT molecular complexity index is 284. The van der Waals surface area contributed by atoms with Crippen molar-refractivity contribution >= 4 is 0 Å². The molecule has 1 aromatic carbocycles. The molecule has 0 aliphatic rings. The number of aliphatic hydroxyl groups is 2. The largest absolute Gasteiger partial charge is 0.396 e. The molecule has 1 atom stereocenters. The summed E-state index contributed by atoms with van der Waals surface area (Å²) >= 11 is 0. The standard InChI is InChI=1S/C13H21NO2/c1-2-11-4-6-12(7-5-11)13(16)10-14-8-3-9-15/h4-7,13-16H,2-3,8-10H2,1H3. The molecule has 90 valence electrons. The predicted octanol–water partition coefficient (Wildman–Crippen LogP) is 1.25. The number of benzene rings is 1. The van der Waals surface area contributed by atoms with Crippen LogP contribution in [0.2, 0.25) is 0 Å². The summed E-state index contributed by atoms with van der Waals surface area (Å²) in [5.41, 5.74) is 2.22. The molecule has 0 radical (unpaired) electrons. The second kappa shape index (κ2) is 7.39. The van der Waals surface area contributed by atoms with E-state index in [1.807, 2.05) is 24.3 Å². The molecular weight excluding hydrogens is 202 g/mol. The Balaban J connectivity index is 2.37. The normalized spacial score (nSPS) is 12.7. The average Bonchev–Trinajstić information content (AvgIpc) is 2.34. The topological polar surface area (TPSA) is 52.5 Å². The van der Waals surface area contributed by atoms with Crippen LogP contribution in [0.15, 0.2) is 24.3 Å². The quantitative estimate of drug-likeness (QED) is 0.610. The monoisotopic (exact) mass is 223 g/mol. The Labute approximate surface area is 97.1 Å². The van der Waals surface area contributed by atoms with Gasteiger partial charge in [0.1, 0.15) is 0 Å². The highest BCUT2D eigenvalue weighted by Gasteiger charge is 2.05. The van der Waals surface area contributed by atoms with Gasteiger partial charge >= 0.3 is 0 Å². The Kier molecular flexibility index (Phi) is 6.08. The van der Waals surface area contributed by atoms with E-state index < -0.39 is 6.10 Å². The summed E-state index contributed by atoms with van der Waals surface area (Å²) in [6, 6.07) is 8.03. The zero-order valence-electron chi connectivity index (χ0n) is 9.82. The fourth-order valence-corrected chi connectivity index (χ4v) is 1.54. The van der Waals surface area contributed by atoms with E-state index in [1.165, 1.54) is 5.56 Å². The van der Waals surface area contributed by atoms with Gasteiger partial charge in [-0.3, -0.25) is 0 Å². The van der Waals surface area contributed by atoms with Gasteiger partial charge in [-0.2, -0.15) is 0 Å². The molecule has 3 N–H and O–H groups in total. The summed E-state index contributed by atoms with van der Waals surface area (Å²) in [4.78, 5) is 0. The van der Waals surface area contributed by atoms with Gasteiger partial charge in [0.05, 0.1) is 6.10 Å². The summed E-state index contributed by atoms with van der Waals surface area (Å²) in [5, 5.41) is 21.6. The van der Waals surface area contributed by atoms with Gasteiger partial charge in [-0.05, 0) is 30.5 Å². The average molecular weight is 223 g/mol. The first-order chi connectivity index (χ1) is 7.77. The van der Waals surface area contributed by atoms with E-state index in [1.54, 1.807) is 0 Å². The lowest BCUT2D eigenvalue weighted by Gasteiger charge is -2.12. The van der Waals surface area contributed by atoms with Crippen molar-refractivity contribution in [3.8, 4) is 0 Å². The first-order valence-corrected chi connectivity index (χ1v) is 5.86. The van der Waals surface area contributed by atoms with Crippen LogP contribution in [-0.4, -0.2) is 29.9 Å². The zero-order chi connectivity index (χ0) is 11.8. The van der Waals surface area contributed by atoms with Gasteiger partial charge in [-0.15, -0.1) is 0 Å². The van der Waals surface area contributed by atoms with Crippen molar-refractivity contribution in [2.45, 2.75) is 25.9 Å². The van der Waals surface area contributed by atoms with E-state index in [9.17, 15) is 5.11 Å². The van der Waals surface area contributed by atoms with Crippen LogP contribution in [0.25, 0.3) is 0 Å². The van der Waals surface area contributed by atoms with Gasteiger partial charge in [0.25, 0.3) is 0 Å². The van der Waals surface area contributed by atoms with Crippen molar-refractivity contribution < 1.29 is 10.2 Å². The second-order valence-corrected chi connectivity index (χ2v) is 3.89. The van der Waals surface area contributed by atoms with Gasteiger partial charge in [0.15, 0.2) is 0 Å². The van der Waals surface area contributed by atoms with Crippen LogP contribution in [-0.2, 0) is 6.42 Å². The highest BCUT2D eigenvalue weighted by atomic mass is 16.3. The molecule has 16 heavy (non-hydrogen) atoms. The predicted molar refractivity (Wildman–Crippen MR) is 65.4 cm³/mol. The second-order valence-electron chi connectivity index (χ2n) is 3.89. The molecule has 0 aliphatic heterocycles. The molecule has 0 saturated heterocycles. The van der Waals surface area contributed by atoms with Crippen LogP contribution in [0, 0.1) is 0 Å². The molecule has 1 rings (SSSR count). The number of nitrogens with one attached hydrogen (secondary N) is 1. The molecule has 0 fully saturated rings. The minimum atomic E-state index is -0.468. The van der Waals surface area contributed by atoms with Crippen molar-refractivity contribution in [2.75, 3.05) is 19.7 Å². The third-order valence-corrected chi connectivity index (χ3v) is 2.62. The Hall–Kier alpha value is -0.900.